The second-order valence-electron chi connectivity index (χ2n) is 6.64. The minimum Gasteiger partial charge on any atom is -0.370 e. The van der Waals surface area contributed by atoms with Gasteiger partial charge in [-0.05, 0) is 42.9 Å². The van der Waals surface area contributed by atoms with Gasteiger partial charge in [-0.2, -0.15) is 0 Å². The maximum absolute atomic E-state index is 4.93. The van der Waals surface area contributed by atoms with Gasteiger partial charge in [0.25, 0.3) is 0 Å². The Morgan fingerprint density at radius 3 is 2.45 bits per heavy atom. The first-order valence-electron chi connectivity index (χ1n) is 7.50. The molecule has 0 unspecified atom stereocenters. The highest BCUT2D eigenvalue weighted by Crippen LogP contribution is 2.32. The molecule has 1 heterocycles. The Morgan fingerprint density at radius 2 is 1.85 bits per heavy atom. The Bertz CT molecular complexity index is 621. The van der Waals surface area contributed by atoms with Crippen molar-refractivity contribution in [2.45, 2.75) is 53.4 Å². The van der Waals surface area contributed by atoms with Gasteiger partial charge in [-0.25, -0.2) is 4.98 Å². The third kappa shape index (κ3) is 2.79. The number of aryl methyl sites for hydroxylation is 2. The zero-order valence-electron chi connectivity index (χ0n) is 13.6. The molecule has 2 rings (SSSR count). The van der Waals surface area contributed by atoms with Crippen LogP contribution in [0.3, 0.4) is 0 Å². The second-order valence-corrected chi connectivity index (χ2v) is 6.64. The number of hydrogen-bond acceptors (Lipinski definition) is 2. The summed E-state index contributed by atoms with van der Waals surface area (Å²) in [6.07, 6.45) is 1.11. The molecule has 0 aliphatic heterocycles. The van der Waals surface area contributed by atoms with Gasteiger partial charge in [-0.15, -0.1) is 0 Å². The summed E-state index contributed by atoms with van der Waals surface area (Å²) in [6, 6.07) is 6.67. The first-order valence-corrected chi connectivity index (χ1v) is 7.50. The third-order valence-corrected chi connectivity index (χ3v) is 3.86. The number of nitrogens with one attached hydrogen (secondary N) is 1. The van der Waals surface area contributed by atoms with E-state index in [1.807, 2.05) is 0 Å². The van der Waals surface area contributed by atoms with Crippen LogP contribution in [0, 0.1) is 13.8 Å². The lowest BCUT2D eigenvalue weighted by Gasteiger charge is -2.24. The van der Waals surface area contributed by atoms with Gasteiger partial charge in [0.2, 0.25) is 0 Å². The van der Waals surface area contributed by atoms with Gasteiger partial charge < -0.3 is 5.32 Å². The Hall–Kier alpha value is -1.57. The molecular formula is C18H26N2. The Labute approximate surface area is 122 Å². The smallest absolute Gasteiger partial charge is 0.130 e. The van der Waals surface area contributed by atoms with E-state index in [0.29, 0.717) is 0 Å². The fraction of sp³-hybridized carbons (Fsp3) is 0.500. The van der Waals surface area contributed by atoms with Crippen molar-refractivity contribution in [3.8, 4) is 0 Å². The molecular weight excluding hydrogens is 244 g/mol. The van der Waals surface area contributed by atoms with Crippen LogP contribution in [0.5, 0.6) is 0 Å². The molecule has 0 radical (unpaired) electrons. The molecule has 0 saturated heterocycles. The number of benzene rings is 1. The normalized spacial score (nSPS) is 11.9. The quantitative estimate of drug-likeness (QED) is 0.851. The number of rotatable bonds is 3. The average molecular weight is 270 g/mol. The maximum atomic E-state index is 4.93. The monoisotopic (exact) mass is 270 g/mol. The third-order valence-electron chi connectivity index (χ3n) is 3.86. The summed E-state index contributed by atoms with van der Waals surface area (Å²) < 4.78 is 0. The predicted octanol–water partition coefficient (Wildman–Crippen LogP) is 4.97. The molecule has 20 heavy (non-hydrogen) atoms. The number of nitrogens with zero attached hydrogens (tertiary/aromatic N) is 1. The fourth-order valence-corrected chi connectivity index (χ4v) is 2.43. The number of hydrogen-bond donors (Lipinski definition) is 1. The molecule has 2 aromatic rings. The minimum atomic E-state index is 0.0933. The van der Waals surface area contributed by atoms with E-state index in [0.717, 1.165) is 24.3 Å². The van der Waals surface area contributed by atoms with Gasteiger partial charge in [0.05, 0.1) is 5.52 Å². The largest absolute Gasteiger partial charge is 0.370 e. The van der Waals surface area contributed by atoms with Crippen molar-refractivity contribution in [2.24, 2.45) is 0 Å². The molecule has 1 aromatic heterocycles. The molecule has 0 spiro atoms. The number of fused-ring (bicyclic) bond motifs is 1. The lowest BCUT2D eigenvalue weighted by atomic mass is 9.86. The molecule has 0 aliphatic rings. The van der Waals surface area contributed by atoms with Crippen molar-refractivity contribution in [1.29, 1.82) is 0 Å². The van der Waals surface area contributed by atoms with Gasteiger partial charge >= 0.3 is 0 Å². The van der Waals surface area contributed by atoms with E-state index in [-0.39, 0.29) is 5.41 Å². The summed E-state index contributed by atoms with van der Waals surface area (Å²) >= 11 is 0. The van der Waals surface area contributed by atoms with Crippen molar-refractivity contribution >= 4 is 16.7 Å². The predicted molar refractivity (Wildman–Crippen MR) is 88.7 cm³/mol. The first kappa shape index (κ1) is 14.8. The first-order chi connectivity index (χ1) is 9.34. The zero-order valence-corrected chi connectivity index (χ0v) is 13.6. The van der Waals surface area contributed by atoms with Crippen molar-refractivity contribution < 1.29 is 0 Å². The average Bonchev–Trinajstić information content (AvgIpc) is 2.39. The lowest BCUT2D eigenvalue weighted by Crippen LogP contribution is -2.17. The van der Waals surface area contributed by atoms with E-state index in [9.17, 15) is 0 Å². The van der Waals surface area contributed by atoms with Crippen LogP contribution in [0.25, 0.3) is 10.9 Å². The highest BCUT2D eigenvalue weighted by molar-refractivity contribution is 5.85. The van der Waals surface area contributed by atoms with Crippen molar-refractivity contribution in [3.63, 3.8) is 0 Å². The maximum Gasteiger partial charge on any atom is 0.130 e. The standard InChI is InChI=1S/C18H26N2/c1-7-10-19-17-15(18(4,5)6)11-14-9-8-12(2)13(3)16(14)20-17/h8-9,11H,7,10H2,1-6H3,(H,19,20). The second kappa shape index (κ2) is 5.43. The van der Waals surface area contributed by atoms with Crippen LogP contribution >= 0.6 is 0 Å². The van der Waals surface area contributed by atoms with Crippen LogP contribution in [-0.2, 0) is 5.41 Å². The number of anilines is 1. The molecule has 1 N–H and O–H groups in total. The zero-order chi connectivity index (χ0) is 14.9. The molecule has 108 valence electrons. The molecule has 1 aromatic carbocycles. The molecule has 2 heteroatoms. The topological polar surface area (TPSA) is 24.9 Å². The summed E-state index contributed by atoms with van der Waals surface area (Å²) in [5.74, 6) is 1.04. The molecule has 0 amide bonds. The number of aromatic nitrogens is 1. The van der Waals surface area contributed by atoms with Gasteiger partial charge in [-0.3, -0.25) is 0 Å². The van der Waals surface area contributed by atoms with E-state index in [1.165, 1.54) is 22.1 Å². The fourth-order valence-electron chi connectivity index (χ4n) is 2.43. The van der Waals surface area contributed by atoms with Crippen molar-refractivity contribution in [2.75, 3.05) is 11.9 Å². The van der Waals surface area contributed by atoms with Crippen LogP contribution in [-0.4, -0.2) is 11.5 Å². The van der Waals surface area contributed by atoms with Crippen LogP contribution in [0.1, 0.15) is 50.8 Å². The lowest BCUT2D eigenvalue weighted by molar-refractivity contribution is 0.590. The van der Waals surface area contributed by atoms with Crippen LogP contribution in [0.2, 0.25) is 0 Å². The summed E-state index contributed by atoms with van der Waals surface area (Å²) in [6.45, 7) is 14.2. The summed E-state index contributed by atoms with van der Waals surface area (Å²) in [7, 11) is 0. The molecule has 0 atom stereocenters. The summed E-state index contributed by atoms with van der Waals surface area (Å²) in [4.78, 5) is 4.93. The van der Waals surface area contributed by atoms with Crippen LogP contribution < -0.4 is 5.32 Å². The van der Waals surface area contributed by atoms with E-state index in [1.54, 1.807) is 0 Å². The van der Waals surface area contributed by atoms with E-state index >= 15 is 0 Å². The molecule has 0 saturated carbocycles. The Balaban J connectivity index is 2.68. The Kier molecular flexibility index (Phi) is 4.03. The number of pyridine rings is 1. The molecule has 0 fully saturated rings. The van der Waals surface area contributed by atoms with Gasteiger partial charge in [-0.1, -0.05) is 39.8 Å². The van der Waals surface area contributed by atoms with Crippen LogP contribution in [0.4, 0.5) is 5.82 Å². The van der Waals surface area contributed by atoms with Crippen LogP contribution in [0.15, 0.2) is 18.2 Å². The van der Waals surface area contributed by atoms with Crippen molar-refractivity contribution in [3.05, 3.63) is 34.9 Å². The molecule has 0 aliphatic carbocycles. The Morgan fingerprint density at radius 1 is 1.15 bits per heavy atom. The molecule has 0 bridgehead atoms. The highest BCUT2D eigenvalue weighted by Gasteiger charge is 2.20. The van der Waals surface area contributed by atoms with E-state index < -0.39 is 0 Å². The minimum absolute atomic E-state index is 0.0933. The summed E-state index contributed by atoms with van der Waals surface area (Å²) in [5, 5.41) is 4.73. The SMILES string of the molecule is CCCNc1nc2c(C)c(C)ccc2cc1C(C)(C)C. The van der Waals surface area contributed by atoms with Gasteiger partial charge in [0.15, 0.2) is 0 Å². The van der Waals surface area contributed by atoms with Crippen molar-refractivity contribution in [1.82, 2.24) is 4.98 Å². The van der Waals surface area contributed by atoms with Gasteiger partial charge in [0.1, 0.15) is 5.82 Å². The van der Waals surface area contributed by atoms with E-state index in [2.05, 4.69) is 65.1 Å². The van der Waals surface area contributed by atoms with E-state index in [4.69, 9.17) is 4.98 Å². The molecule has 2 nitrogen and oxygen atoms in total. The summed E-state index contributed by atoms with van der Waals surface area (Å²) in [5.41, 5.74) is 5.09. The highest BCUT2D eigenvalue weighted by atomic mass is 15.0. The van der Waals surface area contributed by atoms with Gasteiger partial charge in [0, 0.05) is 17.5 Å².